The van der Waals surface area contributed by atoms with E-state index in [9.17, 15) is 14.3 Å². The maximum absolute atomic E-state index is 12.7. The highest BCUT2D eigenvalue weighted by molar-refractivity contribution is 6.33. The molecule has 0 amide bonds. The molecular weight excluding hydrogens is 237 g/mol. The Hall–Kier alpha value is -1.33. The highest BCUT2D eigenvalue weighted by Crippen LogP contribution is 2.22. The van der Waals surface area contributed by atoms with Gasteiger partial charge in [0, 0.05) is 0 Å². The summed E-state index contributed by atoms with van der Waals surface area (Å²) >= 11 is 5.71. The van der Waals surface area contributed by atoms with Crippen molar-refractivity contribution in [1.82, 2.24) is 0 Å². The lowest BCUT2D eigenvalue weighted by molar-refractivity contribution is -0.155. The van der Waals surface area contributed by atoms with Crippen LogP contribution in [-0.2, 0) is 4.79 Å². The summed E-state index contributed by atoms with van der Waals surface area (Å²) in [7, 11) is 0. The van der Waals surface area contributed by atoms with Crippen molar-refractivity contribution in [3.8, 4) is 0 Å². The summed E-state index contributed by atoms with van der Waals surface area (Å²) in [5, 5.41) is 20.8. The number of aliphatic hydroxyl groups is 1. The molecule has 3 N–H and O–H groups in total. The molecule has 88 valence electrons. The van der Waals surface area contributed by atoms with Crippen molar-refractivity contribution < 1.29 is 19.4 Å². The predicted octanol–water partition coefficient (Wildman–Crippen LogP) is 1.73. The zero-order chi connectivity index (χ0) is 12.3. The van der Waals surface area contributed by atoms with Gasteiger partial charge >= 0.3 is 5.97 Å². The fraction of sp³-hybridized carbons (Fsp3) is 0.300. The van der Waals surface area contributed by atoms with Gasteiger partial charge in [-0.3, -0.25) is 0 Å². The fourth-order valence-electron chi connectivity index (χ4n) is 0.976. The van der Waals surface area contributed by atoms with Crippen molar-refractivity contribution in [3.63, 3.8) is 0 Å². The summed E-state index contributed by atoms with van der Waals surface area (Å²) in [5.41, 5.74) is -1.54. The van der Waals surface area contributed by atoms with Crippen LogP contribution in [0.5, 0.6) is 0 Å². The highest BCUT2D eigenvalue weighted by atomic mass is 35.5. The van der Waals surface area contributed by atoms with Crippen LogP contribution in [0.15, 0.2) is 18.2 Å². The minimum Gasteiger partial charge on any atom is -0.479 e. The van der Waals surface area contributed by atoms with Gasteiger partial charge < -0.3 is 15.5 Å². The largest absolute Gasteiger partial charge is 0.479 e. The minimum absolute atomic E-state index is 0.126. The zero-order valence-corrected chi connectivity index (χ0v) is 9.25. The Labute approximate surface area is 96.7 Å². The Morgan fingerprint density at radius 2 is 2.25 bits per heavy atom. The third-order valence-corrected chi connectivity index (χ3v) is 2.33. The number of aliphatic carboxylic acids is 1. The van der Waals surface area contributed by atoms with Crippen molar-refractivity contribution in [1.29, 1.82) is 0 Å². The maximum atomic E-state index is 12.7. The van der Waals surface area contributed by atoms with E-state index in [0.29, 0.717) is 5.69 Å². The molecule has 0 fully saturated rings. The van der Waals surface area contributed by atoms with E-state index in [1.54, 1.807) is 0 Å². The summed E-state index contributed by atoms with van der Waals surface area (Å²) in [4.78, 5) is 10.6. The first-order valence-corrected chi connectivity index (χ1v) is 4.85. The van der Waals surface area contributed by atoms with Gasteiger partial charge in [0.05, 0.1) is 17.3 Å². The predicted molar refractivity (Wildman–Crippen MR) is 58.2 cm³/mol. The molecule has 0 heterocycles. The monoisotopic (exact) mass is 247 g/mol. The lowest BCUT2D eigenvalue weighted by Crippen LogP contribution is -2.41. The Morgan fingerprint density at radius 1 is 1.62 bits per heavy atom. The Morgan fingerprint density at radius 3 is 2.75 bits per heavy atom. The first kappa shape index (κ1) is 12.7. The fourth-order valence-corrected chi connectivity index (χ4v) is 1.21. The molecule has 0 radical (unpaired) electrons. The lowest BCUT2D eigenvalue weighted by Gasteiger charge is -2.19. The van der Waals surface area contributed by atoms with Gasteiger partial charge in [0.25, 0.3) is 0 Å². The van der Waals surface area contributed by atoms with E-state index in [1.165, 1.54) is 12.1 Å². The van der Waals surface area contributed by atoms with Crippen LogP contribution in [0, 0.1) is 5.82 Å². The second kappa shape index (κ2) is 4.67. The molecule has 1 unspecified atom stereocenters. The Balaban J connectivity index is 2.72. The lowest BCUT2D eigenvalue weighted by atomic mass is 10.1. The minimum atomic E-state index is -1.91. The Kier molecular flexibility index (Phi) is 3.72. The third kappa shape index (κ3) is 3.08. The maximum Gasteiger partial charge on any atom is 0.337 e. The SMILES string of the molecule is CC(O)(CNc1ccc(F)cc1Cl)C(=O)O. The molecule has 0 spiro atoms. The summed E-state index contributed by atoms with van der Waals surface area (Å²) in [5.74, 6) is -1.83. The first-order valence-electron chi connectivity index (χ1n) is 4.47. The summed E-state index contributed by atoms with van der Waals surface area (Å²) in [6.45, 7) is 0.924. The van der Waals surface area contributed by atoms with E-state index in [0.717, 1.165) is 13.0 Å². The molecule has 1 rings (SSSR count). The molecule has 1 aromatic carbocycles. The van der Waals surface area contributed by atoms with Gasteiger partial charge in [-0.25, -0.2) is 9.18 Å². The molecule has 0 aromatic heterocycles. The van der Waals surface area contributed by atoms with Crippen molar-refractivity contribution in [3.05, 3.63) is 29.0 Å². The van der Waals surface area contributed by atoms with Gasteiger partial charge in [0.15, 0.2) is 5.60 Å². The van der Waals surface area contributed by atoms with Crippen molar-refractivity contribution in [2.75, 3.05) is 11.9 Å². The molecule has 0 bridgehead atoms. The average molecular weight is 248 g/mol. The number of nitrogens with one attached hydrogen (secondary N) is 1. The van der Waals surface area contributed by atoms with Gasteiger partial charge in [0.1, 0.15) is 5.82 Å². The van der Waals surface area contributed by atoms with Crippen LogP contribution in [0.4, 0.5) is 10.1 Å². The van der Waals surface area contributed by atoms with Crippen LogP contribution in [0.3, 0.4) is 0 Å². The normalized spacial score (nSPS) is 14.2. The standard InChI is InChI=1S/C10H11ClFNO3/c1-10(16,9(14)15)5-13-8-3-2-6(12)4-7(8)11/h2-4,13,16H,5H2,1H3,(H,14,15). The van der Waals surface area contributed by atoms with Crippen LogP contribution in [0.1, 0.15) is 6.92 Å². The number of anilines is 1. The summed E-state index contributed by atoms with van der Waals surface area (Å²) in [6.07, 6.45) is 0. The van der Waals surface area contributed by atoms with Crippen molar-refractivity contribution in [2.45, 2.75) is 12.5 Å². The average Bonchev–Trinajstić information content (AvgIpc) is 2.16. The van der Waals surface area contributed by atoms with Crippen molar-refractivity contribution in [2.24, 2.45) is 0 Å². The van der Waals surface area contributed by atoms with Gasteiger partial charge in [-0.15, -0.1) is 0 Å². The highest BCUT2D eigenvalue weighted by Gasteiger charge is 2.29. The molecule has 0 saturated carbocycles. The summed E-state index contributed by atoms with van der Waals surface area (Å²) < 4.78 is 12.7. The quantitative estimate of drug-likeness (QED) is 0.758. The molecule has 16 heavy (non-hydrogen) atoms. The van der Waals surface area contributed by atoms with E-state index in [-0.39, 0.29) is 11.6 Å². The van der Waals surface area contributed by atoms with Gasteiger partial charge in [0.2, 0.25) is 0 Å². The zero-order valence-electron chi connectivity index (χ0n) is 8.50. The van der Waals surface area contributed by atoms with Crippen LogP contribution in [-0.4, -0.2) is 28.3 Å². The van der Waals surface area contributed by atoms with Gasteiger partial charge in [-0.2, -0.15) is 0 Å². The van der Waals surface area contributed by atoms with Gasteiger partial charge in [-0.1, -0.05) is 11.6 Å². The molecule has 0 aliphatic rings. The second-order valence-corrected chi connectivity index (χ2v) is 3.96. The second-order valence-electron chi connectivity index (χ2n) is 3.56. The van der Waals surface area contributed by atoms with Crippen LogP contribution >= 0.6 is 11.6 Å². The number of rotatable bonds is 4. The van der Waals surface area contributed by atoms with E-state index < -0.39 is 17.4 Å². The van der Waals surface area contributed by atoms with E-state index in [1.807, 2.05) is 0 Å². The van der Waals surface area contributed by atoms with Crippen LogP contribution in [0.25, 0.3) is 0 Å². The number of carboxylic acid groups (broad SMARTS) is 1. The molecule has 1 aromatic rings. The third-order valence-electron chi connectivity index (χ3n) is 2.01. The first-order chi connectivity index (χ1) is 7.33. The number of hydrogen-bond acceptors (Lipinski definition) is 3. The number of benzene rings is 1. The molecular formula is C10H11ClFNO3. The van der Waals surface area contributed by atoms with E-state index in [4.69, 9.17) is 16.7 Å². The molecule has 0 saturated heterocycles. The van der Waals surface area contributed by atoms with E-state index >= 15 is 0 Å². The topological polar surface area (TPSA) is 69.6 Å². The van der Waals surface area contributed by atoms with Crippen molar-refractivity contribution >= 4 is 23.3 Å². The molecule has 0 aliphatic heterocycles. The molecule has 1 atom stereocenters. The number of carboxylic acids is 1. The number of halogens is 2. The molecule has 6 heteroatoms. The van der Waals surface area contributed by atoms with Gasteiger partial charge in [-0.05, 0) is 25.1 Å². The number of hydrogen-bond donors (Lipinski definition) is 3. The Bertz CT molecular complexity index is 409. The van der Waals surface area contributed by atoms with E-state index in [2.05, 4.69) is 5.32 Å². The molecule has 4 nitrogen and oxygen atoms in total. The number of carbonyl (C=O) groups is 1. The molecule has 0 aliphatic carbocycles. The van der Waals surface area contributed by atoms with Crippen LogP contribution < -0.4 is 5.32 Å². The summed E-state index contributed by atoms with van der Waals surface area (Å²) in [6, 6.07) is 3.65. The smallest absolute Gasteiger partial charge is 0.337 e. The van der Waals surface area contributed by atoms with Crippen LogP contribution in [0.2, 0.25) is 5.02 Å².